The van der Waals surface area contributed by atoms with Crippen molar-refractivity contribution in [2.75, 3.05) is 34.4 Å². The summed E-state index contributed by atoms with van der Waals surface area (Å²) in [4.78, 5) is 26.5. The van der Waals surface area contributed by atoms with Crippen molar-refractivity contribution in [3.8, 4) is 17.2 Å². The lowest BCUT2D eigenvalue weighted by Crippen LogP contribution is -2.49. The molecular formula is C22H28N2O5. The third-order valence-corrected chi connectivity index (χ3v) is 4.59. The molecule has 0 aliphatic rings. The first-order valence-electron chi connectivity index (χ1n) is 9.39. The van der Waals surface area contributed by atoms with Crippen molar-refractivity contribution in [1.82, 2.24) is 10.2 Å². The summed E-state index contributed by atoms with van der Waals surface area (Å²) in [5.74, 6) is 1.07. The van der Waals surface area contributed by atoms with Crippen molar-refractivity contribution in [2.24, 2.45) is 0 Å². The average Bonchev–Trinajstić information content (AvgIpc) is 2.77. The predicted molar refractivity (Wildman–Crippen MR) is 110 cm³/mol. The molecule has 2 rings (SSSR count). The van der Waals surface area contributed by atoms with Gasteiger partial charge in [-0.25, -0.2) is 0 Å². The summed E-state index contributed by atoms with van der Waals surface area (Å²) in [5, 5.41) is 2.60. The van der Waals surface area contributed by atoms with Crippen LogP contribution in [0.3, 0.4) is 0 Å². The first-order chi connectivity index (χ1) is 14.0. The van der Waals surface area contributed by atoms with Gasteiger partial charge in [-0.2, -0.15) is 0 Å². The fourth-order valence-electron chi connectivity index (χ4n) is 2.87. The van der Waals surface area contributed by atoms with Gasteiger partial charge in [0.2, 0.25) is 5.91 Å². The number of nitrogens with zero attached hydrogens (tertiary/aromatic N) is 1. The van der Waals surface area contributed by atoms with Crippen molar-refractivity contribution in [3.63, 3.8) is 0 Å². The van der Waals surface area contributed by atoms with Gasteiger partial charge in [0.1, 0.15) is 23.3 Å². The van der Waals surface area contributed by atoms with E-state index in [0.29, 0.717) is 30.2 Å². The Morgan fingerprint density at radius 1 is 1.00 bits per heavy atom. The van der Waals surface area contributed by atoms with Gasteiger partial charge in [0.25, 0.3) is 5.91 Å². The van der Waals surface area contributed by atoms with Crippen LogP contribution in [0.1, 0.15) is 12.5 Å². The van der Waals surface area contributed by atoms with Crippen LogP contribution in [-0.2, 0) is 16.0 Å². The summed E-state index contributed by atoms with van der Waals surface area (Å²) in [6.07, 6.45) is 0.640. The molecule has 0 fully saturated rings. The van der Waals surface area contributed by atoms with E-state index < -0.39 is 6.04 Å². The Hall–Kier alpha value is -3.22. The lowest BCUT2D eigenvalue weighted by Gasteiger charge is -2.28. The van der Waals surface area contributed by atoms with Crippen LogP contribution in [0, 0.1) is 0 Å². The van der Waals surface area contributed by atoms with Gasteiger partial charge in [-0.15, -0.1) is 0 Å². The molecule has 7 heteroatoms. The van der Waals surface area contributed by atoms with Gasteiger partial charge in [-0.3, -0.25) is 9.59 Å². The van der Waals surface area contributed by atoms with Gasteiger partial charge >= 0.3 is 0 Å². The topological polar surface area (TPSA) is 77.1 Å². The highest BCUT2D eigenvalue weighted by Crippen LogP contribution is 2.27. The number of benzene rings is 2. The first kappa shape index (κ1) is 22.1. The number of carbonyl (C=O) groups is 2. The van der Waals surface area contributed by atoms with E-state index in [2.05, 4.69) is 5.32 Å². The van der Waals surface area contributed by atoms with Crippen molar-refractivity contribution < 1.29 is 23.8 Å². The van der Waals surface area contributed by atoms with Crippen LogP contribution < -0.4 is 19.5 Å². The summed E-state index contributed by atoms with van der Waals surface area (Å²) in [7, 11) is 4.64. The molecule has 0 saturated carbocycles. The highest BCUT2D eigenvalue weighted by molar-refractivity contribution is 5.87. The van der Waals surface area contributed by atoms with E-state index in [1.54, 1.807) is 46.4 Å². The lowest BCUT2D eigenvalue weighted by atomic mass is 10.1. The molecule has 0 unspecified atom stereocenters. The number of ether oxygens (including phenoxy) is 3. The molecule has 0 saturated heterocycles. The summed E-state index contributed by atoms with van der Waals surface area (Å²) in [5.41, 5.74) is 1.09. The standard InChI is InChI=1S/C22H28N2O5/c1-16(22(26)23-2)24(11-10-17-8-6-5-7-9-17)21(25)15-29-20-13-18(27-3)12-19(14-20)28-4/h5-9,12-14,16H,10-11,15H2,1-4H3,(H,23,26)/t16-/m1/s1. The Morgan fingerprint density at radius 3 is 2.14 bits per heavy atom. The van der Waals surface area contributed by atoms with E-state index in [0.717, 1.165) is 5.56 Å². The van der Waals surface area contributed by atoms with E-state index in [1.807, 2.05) is 30.3 Å². The number of carbonyl (C=O) groups excluding carboxylic acids is 2. The third kappa shape index (κ3) is 6.41. The third-order valence-electron chi connectivity index (χ3n) is 4.59. The van der Waals surface area contributed by atoms with Crippen LogP contribution in [0.25, 0.3) is 0 Å². The molecule has 1 N–H and O–H groups in total. The van der Waals surface area contributed by atoms with E-state index in [-0.39, 0.29) is 18.4 Å². The molecule has 0 spiro atoms. The number of hydrogen-bond donors (Lipinski definition) is 1. The second kappa shape index (κ2) is 10.9. The largest absolute Gasteiger partial charge is 0.496 e. The van der Waals surface area contributed by atoms with Crippen LogP contribution in [0.15, 0.2) is 48.5 Å². The quantitative estimate of drug-likeness (QED) is 0.662. The SMILES string of the molecule is CNC(=O)[C@@H](C)N(CCc1ccccc1)C(=O)COc1cc(OC)cc(OC)c1. The van der Waals surface area contributed by atoms with Crippen LogP contribution in [0.4, 0.5) is 0 Å². The summed E-state index contributed by atoms with van der Waals surface area (Å²) in [6, 6.07) is 14.3. The molecule has 2 aromatic carbocycles. The van der Waals surface area contributed by atoms with E-state index in [1.165, 1.54) is 4.90 Å². The van der Waals surface area contributed by atoms with Gasteiger partial charge in [0.05, 0.1) is 14.2 Å². The number of hydrogen-bond acceptors (Lipinski definition) is 5. The van der Waals surface area contributed by atoms with Crippen molar-refractivity contribution in [1.29, 1.82) is 0 Å². The number of amides is 2. The molecule has 0 radical (unpaired) electrons. The fourth-order valence-corrected chi connectivity index (χ4v) is 2.87. The minimum atomic E-state index is -0.611. The molecule has 2 aromatic rings. The zero-order chi connectivity index (χ0) is 21.2. The van der Waals surface area contributed by atoms with Crippen LogP contribution >= 0.6 is 0 Å². The van der Waals surface area contributed by atoms with Gasteiger partial charge in [-0.05, 0) is 18.9 Å². The summed E-state index contributed by atoms with van der Waals surface area (Å²) < 4.78 is 16.1. The lowest BCUT2D eigenvalue weighted by molar-refractivity contribution is -0.141. The second-order valence-electron chi connectivity index (χ2n) is 6.45. The molecule has 0 bridgehead atoms. The van der Waals surface area contributed by atoms with Gasteiger partial charge in [-0.1, -0.05) is 30.3 Å². The van der Waals surface area contributed by atoms with Gasteiger partial charge in [0.15, 0.2) is 6.61 Å². The van der Waals surface area contributed by atoms with Crippen LogP contribution in [-0.4, -0.2) is 57.2 Å². The zero-order valence-corrected chi connectivity index (χ0v) is 17.3. The van der Waals surface area contributed by atoms with E-state index in [4.69, 9.17) is 14.2 Å². The summed E-state index contributed by atoms with van der Waals surface area (Å²) in [6.45, 7) is 1.91. The molecule has 7 nitrogen and oxygen atoms in total. The van der Waals surface area contributed by atoms with Crippen molar-refractivity contribution in [3.05, 3.63) is 54.1 Å². The van der Waals surface area contributed by atoms with Crippen molar-refractivity contribution >= 4 is 11.8 Å². The highest BCUT2D eigenvalue weighted by Gasteiger charge is 2.25. The number of rotatable bonds is 10. The van der Waals surface area contributed by atoms with Gasteiger partial charge in [0, 0.05) is 31.8 Å². The monoisotopic (exact) mass is 400 g/mol. The second-order valence-corrected chi connectivity index (χ2v) is 6.45. The molecule has 0 heterocycles. The number of methoxy groups -OCH3 is 2. The Labute approximate surface area is 171 Å². The average molecular weight is 400 g/mol. The molecule has 2 amide bonds. The Bertz CT molecular complexity index is 788. The smallest absolute Gasteiger partial charge is 0.261 e. The van der Waals surface area contributed by atoms with E-state index in [9.17, 15) is 9.59 Å². The molecule has 29 heavy (non-hydrogen) atoms. The minimum Gasteiger partial charge on any atom is -0.496 e. The predicted octanol–water partition coefficient (Wildman–Crippen LogP) is 2.29. The van der Waals surface area contributed by atoms with Crippen molar-refractivity contribution in [2.45, 2.75) is 19.4 Å². The minimum absolute atomic E-state index is 0.202. The fraction of sp³-hybridized carbons (Fsp3) is 0.364. The Balaban J connectivity index is 2.09. The molecule has 156 valence electrons. The van der Waals surface area contributed by atoms with Crippen LogP contribution in [0.5, 0.6) is 17.2 Å². The maximum atomic E-state index is 12.9. The summed E-state index contributed by atoms with van der Waals surface area (Å²) >= 11 is 0. The zero-order valence-electron chi connectivity index (χ0n) is 17.3. The molecule has 0 aromatic heterocycles. The number of nitrogens with one attached hydrogen (secondary N) is 1. The number of likely N-dealkylation sites (N-methyl/N-ethyl adjacent to an activating group) is 1. The highest BCUT2D eigenvalue weighted by atomic mass is 16.5. The molecular weight excluding hydrogens is 372 g/mol. The first-order valence-corrected chi connectivity index (χ1v) is 9.39. The molecule has 0 aliphatic heterocycles. The molecule has 1 atom stereocenters. The van der Waals surface area contributed by atoms with Gasteiger partial charge < -0.3 is 24.4 Å². The maximum Gasteiger partial charge on any atom is 0.261 e. The van der Waals surface area contributed by atoms with Crippen LogP contribution in [0.2, 0.25) is 0 Å². The normalized spacial score (nSPS) is 11.3. The van der Waals surface area contributed by atoms with E-state index >= 15 is 0 Å². The Kier molecular flexibility index (Phi) is 8.33. The molecule has 0 aliphatic carbocycles. The Morgan fingerprint density at radius 2 is 1.59 bits per heavy atom. The maximum absolute atomic E-state index is 12.9.